The molecule has 1 saturated heterocycles. The first-order valence-electron chi connectivity index (χ1n) is 4.84. The van der Waals surface area contributed by atoms with Gasteiger partial charge in [0.05, 0.1) is 6.04 Å². The van der Waals surface area contributed by atoms with Gasteiger partial charge in [-0.15, -0.1) is 11.3 Å². The Morgan fingerprint density at radius 1 is 1.57 bits per heavy atom. The molecule has 0 aliphatic carbocycles. The maximum absolute atomic E-state index is 3.61. The largest absolute Gasteiger partial charge is 0.309 e. The van der Waals surface area contributed by atoms with Crippen LogP contribution >= 0.6 is 39.0 Å². The third-order valence-corrected chi connectivity index (χ3v) is 5.56. The molecule has 1 fully saturated rings. The van der Waals surface area contributed by atoms with Gasteiger partial charge in [-0.1, -0.05) is 6.92 Å². The fourth-order valence-corrected chi connectivity index (χ4v) is 4.29. The van der Waals surface area contributed by atoms with Crippen molar-refractivity contribution < 1.29 is 0 Å². The number of halogens is 1. The van der Waals surface area contributed by atoms with Gasteiger partial charge in [0, 0.05) is 25.7 Å². The van der Waals surface area contributed by atoms with Crippen LogP contribution in [-0.2, 0) is 0 Å². The molecule has 0 radical (unpaired) electrons. The smallest absolute Gasteiger partial charge is 0.0507 e. The highest BCUT2D eigenvalue weighted by molar-refractivity contribution is 9.10. The summed E-state index contributed by atoms with van der Waals surface area (Å²) in [4.78, 5) is 1.46. The summed E-state index contributed by atoms with van der Waals surface area (Å²) in [7, 11) is 0. The highest BCUT2D eigenvalue weighted by Gasteiger charge is 2.18. The number of thiophene rings is 1. The van der Waals surface area contributed by atoms with Crippen molar-refractivity contribution in [2.24, 2.45) is 0 Å². The van der Waals surface area contributed by atoms with Gasteiger partial charge in [0.1, 0.15) is 0 Å². The first kappa shape index (κ1) is 11.0. The highest BCUT2D eigenvalue weighted by atomic mass is 79.9. The Labute approximate surface area is 102 Å². The SMILES string of the molecule is CC1CCNC(c2cc(Br)cs2)CS1. The highest BCUT2D eigenvalue weighted by Crippen LogP contribution is 2.31. The number of thioether (sulfide) groups is 1. The van der Waals surface area contributed by atoms with Crippen LogP contribution in [0.4, 0.5) is 0 Å². The molecular weight excluding hydrogens is 278 g/mol. The van der Waals surface area contributed by atoms with Gasteiger partial charge in [-0.25, -0.2) is 0 Å². The number of nitrogens with one attached hydrogen (secondary N) is 1. The fourth-order valence-electron chi connectivity index (χ4n) is 1.56. The first-order valence-corrected chi connectivity index (χ1v) is 7.57. The van der Waals surface area contributed by atoms with E-state index in [4.69, 9.17) is 0 Å². The molecule has 1 aliphatic heterocycles. The molecule has 14 heavy (non-hydrogen) atoms. The molecule has 0 bridgehead atoms. The second kappa shape index (κ2) is 5.01. The molecule has 1 aromatic rings. The summed E-state index contributed by atoms with van der Waals surface area (Å²) in [6, 6.07) is 2.79. The van der Waals surface area contributed by atoms with E-state index in [1.54, 1.807) is 0 Å². The molecule has 0 saturated carbocycles. The Hall–Kier alpha value is 0.490. The predicted octanol–water partition coefficient (Wildman–Crippen LogP) is 3.67. The van der Waals surface area contributed by atoms with Gasteiger partial charge in [-0.2, -0.15) is 11.8 Å². The van der Waals surface area contributed by atoms with Crippen molar-refractivity contribution in [1.29, 1.82) is 0 Å². The summed E-state index contributed by atoms with van der Waals surface area (Å²) in [5, 5.41) is 6.57. The molecule has 1 nitrogen and oxygen atoms in total. The number of hydrogen-bond acceptors (Lipinski definition) is 3. The maximum Gasteiger partial charge on any atom is 0.0507 e. The van der Waals surface area contributed by atoms with Gasteiger partial charge < -0.3 is 5.32 Å². The van der Waals surface area contributed by atoms with Crippen LogP contribution in [0.3, 0.4) is 0 Å². The molecule has 1 aromatic heterocycles. The Balaban J connectivity index is 2.04. The van der Waals surface area contributed by atoms with E-state index in [0.717, 1.165) is 11.8 Å². The average molecular weight is 292 g/mol. The zero-order valence-electron chi connectivity index (χ0n) is 8.13. The van der Waals surface area contributed by atoms with E-state index in [-0.39, 0.29) is 0 Å². The third kappa shape index (κ3) is 2.75. The molecule has 2 heterocycles. The van der Waals surface area contributed by atoms with E-state index >= 15 is 0 Å². The van der Waals surface area contributed by atoms with Crippen molar-refractivity contribution in [1.82, 2.24) is 5.32 Å². The molecule has 78 valence electrons. The molecule has 2 rings (SSSR count). The summed E-state index contributed by atoms with van der Waals surface area (Å²) >= 11 is 7.43. The van der Waals surface area contributed by atoms with Crippen LogP contribution in [0.5, 0.6) is 0 Å². The molecule has 4 heteroatoms. The second-order valence-electron chi connectivity index (χ2n) is 3.61. The lowest BCUT2D eigenvalue weighted by Crippen LogP contribution is -2.21. The van der Waals surface area contributed by atoms with Crippen molar-refractivity contribution >= 4 is 39.0 Å². The summed E-state index contributed by atoms with van der Waals surface area (Å²) in [5.74, 6) is 1.20. The molecule has 0 spiro atoms. The number of hydrogen-bond donors (Lipinski definition) is 1. The molecular formula is C10H14BrNS2. The lowest BCUT2D eigenvalue weighted by molar-refractivity contribution is 0.585. The first-order chi connectivity index (χ1) is 6.75. The van der Waals surface area contributed by atoms with Crippen LogP contribution in [0, 0.1) is 0 Å². The van der Waals surface area contributed by atoms with E-state index in [0.29, 0.717) is 6.04 Å². The summed E-state index contributed by atoms with van der Waals surface area (Å²) < 4.78 is 1.21. The minimum Gasteiger partial charge on any atom is -0.309 e. The van der Waals surface area contributed by atoms with Gasteiger partial charge in [-0.05, 0) is 35.0 Å². The van der Waals surface area contributed by atoms with Crippen molar-refractivity contribution in [3.63, 3.8) is 0 Å². The zero-order valence-corrected chi connectivity index (χ0v) is 11.3. The summed E-state index contributed by atoms with van der Waals surface area (Å²) in [6.07, 6.45) is 1.29. The standard InChI is InChI=1S/C10H14BrNS2/c1-7-2-3-12-9(6-13-7)10-4-8(11)5-14-10/h4-5,7,9,12H,2-3,6H2,1H3. The number of rotatable bonds is 1. The zero-order chi connectivity index (χ0) is 9.97. The Morgan fingerprint density at radius 2 is 2.43 bits per heavy atom. The Bertz CT molecular complexity index is 300. The minimum absolute atomic E-state index is 0.557. The molecule has 0 amide bonds. The van der Waals surface area contributed by atoms with Gasteiger partial charge in [-0.3, -0.25) is 0 Å². The van der Waals surface area contributed by atoms with Gasteiger partial charge in [0.25, 0.3) is 0 Å². The Kier molecular flexibility index (Phi) is 3.93. The van der Waals surface area contributed by atoms with Gasteiger partial charge >= 0.3 is 0 Å². The van der Waals surface area contributed by atoms with Crippen LogP contribution in [0.15, 0.2) is 15.9 Å². The summed E-state index contributed by atoms with van der Waals surface area (Å²) in [5.41, 5.74) is 0. The van der Waals surface area contributed by atoms with E-state index in [1.165, 1.54) is 21.5 Å². The molecule has 1 aliphatic rings. The van der Waals surface area contributed by atoms with Crippen molar-refractivity contribution in [3.05, 3.63) is 20.8 Å². The third-order valence-electron chi connectivity index (χ3n) is 2.42. The normalized spacial score (nSPS) is 28.7. The fraction of sp³-hybridized carbons (Fsp3) is 0.600. The molecule has 2 unspecified atom stereocenters. The quantitative estimate of drug-likeness (QED) is 0.847. The lowest BCUT2D eigenvalue weighted by Gasteiger charge is -2.12. The van der Waals surface area contributed by atoms with E-state index in [1.807, 2.05) is 11.3 Å². The summed E-state index contributed by atoms with van der Waals surface area (Å²) in [6.45, 7) is 3.47. The van der Waals surface area contributed by atoms with Crippen molar-refractivity contribution in [2.75, 3.05) is 12.3 Å². The lowest BCUT2D eigenvalue weighted by atomic mass is 10.2. The van der Waals surface area contributed by atoms with E-state index < -0.39 is 0 Å². The average Bonchev–Trinajstić information content (AvgIpc) is 2.46. The second-order valence-corrected chi connectivity index (χ2v) is 6.94. The molecule has 2 atom stereocenters. The van der Waals surface area contributed by atoms with Crippen LogP contribution in [0.1, 0.15) is 24.3 Å². The van der Waals surface area contributed by atoms with Crippen LogP contribution in [0.2, 0.25) is 0 Å². The Morgan fingerprint density at radius 3 is 3.14 bits per heavy atom. The van der Waals surface area contributed by atoms with E-state index in [2.05, 4.69) is 51.4 Å². The monoisotopic (exact) mass is 291 g/mol. The predicted molar refractivity (Wildman–Crippen MR) is 69.3 cm³/mol. The van der Waals surface area contributed by atoms with Crippen molar-refractivity contribution in [2.45, 2.75) is 24.6 Å². The topological polar surface area (TPSA) is 12.0 Å². The minimum atomic E-state index is 0.557. The van der Waals surface area contributed by atoms with E-state index in [9.17, 15) is 0 Å². The molecule has 0 aromatic carbocycles. The maximum atomic E-state index is 3.61. The van der Waals surface area contributed by atoms with Crippen LogP contribution < -0.4 is 5.32 Å². The van der Waals surface area contributed by atoms with Gasteiger partial charge in [0.15, 0.2) is 0 Å². The van der Waals surface area contributed by atoms with Crippen LogP contribution in [-0.4, -0.2) is 17.5 Å². The molecule has 1 N–H and O–H groups in total. The van der Waals surface area contributed by atoms with Crippen LogP contribution in [0.25, 0.3) is 0 Å². The van der Waals surface area contributed by atoms with Gasteiger partial charge in [0.2, 0.25) is 0 Å². The van der Waals surface area contributed by atoms with Crippen molar-refractivity contribution in [3.8, 4) is 0 Å².